The van der Waals surface area contributed by atoms with Crippen LogP contribution in [0.3, 0.4) is 0 Å². The molecule has 0 aromatic rings. The van der Waals surface area contributed by atoms with Gasteiger partial charge in [0.1, 0.15) is 6.61 Å². The third-order valence-corrected chi connectivity index (χ3v) is 3.03. The third kappa shape index (κ3) is 5.56. The Bertz CT molecular complexity index is 399. The molecule has 0 saturated carbocycles. The smallest absolute Gasteiger partial charge is 0.429 e. The fourth-order valence-corrected chi connectivity index (χ4v) is 1.42. The summed E-state index contributed by atoms with van der Waals surface area (Å²) in [5.41, 5.74) is -5.20. The predicted molar refractivity (Wildman–Crippen MR) is 63.0 cm³/mol. The van der Waals surface area contributed by atoms with E-state index in [0.717, 1.165) is 0 Å². The van der Waals surface area contributed by atoms with Gasteiger partial charge in [-0.1, -0.05) is 13.8 Å². The Hall–Kier alpha value is -1.52. The van der Waals surface area contributed by atoms with Gasteiger partial charge in [0, 0.05) is 0 Å². The summed E-state index contributed by atoms with van der Waals surface area (Å²) in [5, 5.41) is 8.74. The third-order valence-electron chi connectivity index (χ3n) is 3.03. The van der Waals surface area contributed by atoms with Gasteiger partial charge in [-0.15, -0.1) is 0 Å². The topological polar surface area (TPSA) is 72.8 Å². The second-order valence-electron chi connectivity index (χ2n) is 4.64. The van der Waals surface area contributed by atoms with E-state index in [1.54, 1.807) is 13.8 Å². The average Bonchev–Trinajstić information content (AvgIpc) is 2.41. The van der Waals surface area contributed by atoms with Crippen LogP contribution in [0.25, 0.3) is 0 Å². The van der Waals surface area contributed by atoms with Gasteiger partial charge in [0.15, 0.2) is 6.61 Å². The minimum atomic E-state index is -6.10. The molecule has 0 aromatic heterocycles. The summed E-state index contributed by atoms with van der Waals surface area (Å²) in [7, 11) is 0. The van der Waals surface area contributed by atoms with E-state index in [4.69, 9.17) is 5.11 Å². The summed E-state index contributed by atoms with van der Waals surface area (Å²) in [4.78, 5) is 22.5. The molecule has 0 bridgehead atoms. The van der Waals surface area contributed by atoms with E-state index in [1.807, 2.05) is 0 Å². The van der Waals surface area contributed by atoms with Gasteiger partial charge in [-0.25, -0.2) is 4.79 Å². The van der Waals surface area contributed by atoms with E-state index >= 15 is 0 Å². The van der Waals surface area contributed by atoms with Gasteiger partial charge >= 0.3 is 24.3 Å². The largest absolute Gasteiger partial charge is 0.459 e. The molecule has 0 unspecified atom stereocenters. The molecule has 23 heavy (non-hydrogen) atoms. The summed E-state index contributed by atoms with van der Waals surface area (Å²) < 4.78 is 82.1. The van der Waals surface area contributed by atoms with Gasteiger partial charge in [0.05, 0.1) is 5.92 Å². The van der Waals surface area contributed by atoms with Crippen molar-refractivity contribution in [1.82, 2.24) is 0 Å². The van der Waals surface area contributed by atoms with Crippen LogP contribution in [0.15, 0.2) is 0 Å². The fourth-order valence-electron chi connectivity index (χ4n) is 1.42. The zero-order chi connectivity index (χ0) is 18.5. The van der Waals surface area contributed by atoms with Crippen molar-refractivity contribution in [3.63, 3.8) is 0 Å². The number of hydrogen-bond donors (Lipinski definition) is 1. The molecule has 0 amide bonds. The Morgan fingerprint density at radius 2 is 1.39 bits per heavy atom. The van der Waals surface area contributed by atoms with Gasteiger partial charge in [-0.05, 0) is 12.8 Å². The normalized spacial score (nSPS) is 13.1. The maximum absolute atomic E-state index is 12.3. The van der Waals surface area contributed by atoms with Crippen molar-refractivity contribution in [1.29, 1.82) is 0 Å². The van der Waals surface area contributed by atoms with Gasteiger partial charge in [0.2, 0.25) is 0 Å². The number of ether oxygens (including phenoxy) is 2. The molecule has 0 heterocycles. The maximum Gasteiger partial charge on any atom is 0.429 e. The van der Waals surface area contributed by atoms with Crippen molar-refractivity contribution in [2.75, 3.05) is 13.2 Å². The first kappa shape index (κ1) is 21.5. The van der Waals surface area contributed by atoms with E-state index in [-0.39, 0.29) is 0 Å². The lowest BCUT2D eigenvalue weighted by Gasteiger charge is -2.31. The Morgan fingerprint density at radius 1 is 0.957 bits per heavy atom. The molecular weight excluding hydrogens is 338 g/mol. The fraction of sp³-hybridized carbons (Fsp3) is 0.833. The number of alkyl halides is 6. The molecule has 0 fully saturated rings. The monoisotopic (exact) mass is 354 g/mol. The lowest BCUT2D eigenvalue weighted by atomic mass is 10.0. The van der Waals surface area contributed by atoms with Crippen molar-refractivity contribution in [2.24, 2.45) is 5.92 Å². The molecule has 11 heteroatoms. The molecule has 136 valence electrons. The summed E-state index contributed by atoms with van der Waals surface area (Å²) >= 11 is 0. The molecular formula is C12H16F6O5. The zero-order valence-corrected chi connectivity index (χ0v) is 12.3. The number of aliphatic hydroxyl groups is 1. The van der Waals surface area contributed by atoms with E-state index < -0.39 is 49.0 Å². The van der Waals surface area contributed by atoms with E-state index in [9.17, 15) is 35.9 Å². The Morgan fingerprint density at radius 3 is 1.74 bits per heavy atom. The Labute approximate surface area is 127 Å². The molecule has 0 aliphatic carbocycles. The number of hydrogen-bond acceptors (Lipinski definition) is 5. The zero-order valence-electron chi connectivity index (χ0n) is 12.3. The maximum atomic E-state index is 12.3. The first-order valence-electron chi connectivity index (χ1n) is 6.48. The van der Waals surface area contributed by atoms with Gasteiger partial charge in [-0.3, -0.25) is 4.79 Å². The van der Waals surface area contributed by atoms with Crippen LogP contribution in [0, 0.1) is 5.92 Å². The molecule has 0 rings (SSSR count). The highest BCUT2D eigenvalue weighted by molar-refractivity contribution is 5.77. The Kier molecular flexibility index (Phi) is 7.32. The minimum Gasteiger partial charge on any atom is -0.459 e. The number of carbonyl (C=O) groups excluding carboxylic acids is 2. The van der Waals surface area contributed by atoms with Crippen LogP contribution in [0.4, 0.5) is 26.3 Å². The van der Waals surface area contributed by atoms with Crippen molar-refractivity contribution < 1.29 is 50.5 Å². The molecule has 0 atom stereocenters. The SMILES string of the molecule is CCC(CC)C(=O)OCC(=O)OCC(O)(C(F)(F)F)C(F)(F)F. The lowest BCUT2D eigenvalue weighted by molar-refractivity contribution is -0.375. The predicted octanol–water partition coefficient (Wildman–Crippen LogP) is 2.36. The summed E-state index contributed by atoms with van der Waals surface area (Å²) in [6, 6.07) is 0. The average molecular weight is 354 g/mol. The number of carbonyl (C=O) groups is 2. The van der Waals surface area contributed by atoms with Crippen LogP contribution < -0.4 is 0 Å². The minimum absolute atomic E-state index is 0.381. The molecule has 0 spiro atoms. The molecule has 0 saturated heterocycles. The molecule has 0 aliphatic heterocycles. The first-order chi connectivity index (χ1) is 10.3. The van der Waals surface area contributed by atoms with Gasteiger partial charge in [0.25, 0.3) is 5.60 Å². The molecule has 1 N–H and O–H groups in total. The van der Waals surface area contributed by atoms with Crippen molar-refractivity contribution >= 4 is 11.9 Å². The highest BCUT2D eigenvalue weighted by Crippen LogP contribution is 2.43. The number of esters is 2. The van der Waals surface area contributed by atoms with Crippen molar-refractivity contribution in [3.05, 3.63) is 0 Å². The summed E-state index contributed by atoms with van der Waals surface area (Å²) in [6.45, 7) is -0.233. The molecule has 0 aliphatic rings. The second-order valence-corrected chi connectivity index (χ2v) is 4.64. The van der Waals surface area contributed by atoms with Crippen LogP contribution in [-0.2, 0) is 19.1 Å². The number of halogens is 6. The molecule has 0 radical (unpaired) electrons. The lowest BCUT2D eigenvalue weighted by Crippen LogP contribution is -2.60. The first-order valence-corrected chi connectivity index (χ1v) is 6.48. The highest BCUT2D eigenvalue weighted by Gasteiger charge is 2.71. The second kappa shape index (κ2) is 7.84. The van der Waals surface area contributed by atoms with Crippen LogP contribution >= 0.6 is 0 Å². The molecule has 5 nitrogen and oxygen atoms in total. The van der Waals surface area contributed by atoms with Crippen molar-refractivity contribution in [2.45, 2.75) is 44.6 Å². The van der Waals surface area contributed by atoms with E-state index in [1.165, 1.54) is 0 Å². The standard InChI is InChI=1S/C12H16F6O5/c1-3-7(4-2)9(20)22-5-8(19)23-6-10(21,11(13,14)15)12(16,17)18/h7,21H,3-6H2,1-2H3. The molecule has 0 aromatic carbocycles. The quantitative estimate of drug-likeness (QED) is 0.561. The highest BCUT2D eigenvalue weighted by atomic mass is 19.4. The van der Waals surface area contributed by atoms with Crippen LogP contribution in [0.5, 0.6) is 0 Å². The van der Waals surface area contributed by atoms with Crippen LogP contribution in [0.2, 0.25) is 0 Å². The van der Waals surface area contributed by atoms with Gasteiger partial charge in [-0.2, -0.15) is 26.3 Å². The number of rotatable bonds is 7. The van der Waals surface area contributed by atoms with Crippen LogP contribution in [-0.4, -0.2) is 48.2 Å². The van der Waals surface area contributed by atoms with Gasteiger partial charge < -0.3 is 14.6 Å². The van der Waals surface area contributed by atoms with Crippen LogP contribution in [0.1, 0.15) is 26.7 Å². The summed E-state index contributed by atoms with van der Waals surface area (Å²) in [6.07, 6.45) is -11.4. The van der Waals surface area contributed by atoms with E-state index in [2.05, 4.69) is 9.47 Å². The van der Waals surface area contributed by atoms with E-state index in [0.29, 0.717) is 12.8 Å². The van der Waals surface area contributed by atoms with Crippen molar-refractivity contribution in [3.8, 4) is 0 Å². The Balaban J connectivity index is 4.66. The summed E-state index contributed by atoms with van der Waals surface area (Å²) in [5.74, 6) is -3.02.